The molecule has 6 rings (SSSR count). The fourth-order valence-corrected chi connectivity index (χ4v) is 5.86. The lowest BCUT2D eigenvalue weighted by Gasteiger charge is -2.35. The number of amides is 2. The van der Waals surface area contributed by atoms with Gasteiger partial charge in [-0.2, -0.15) is 0 Å². The number of nitrogens with zero attached hydrogens (tertiary/aromatic N) is 4. The van der Waals surface area contributed by atoms with Crippen LogP contribution in [0, 0.1) is 0 Å². The molecule has 8 heteroatoms. The number of anilines is 1. The zero-order valence-electron chi connectivity index (χ0n) is 24.9. The molecule has 1 aliphatic heterocycles. The van der Waals surface area contributed by atoms with Gasteiger partial charge in [0.2, 0.25) is 0 Å². The lowest BCUT2D eigenvalue weighted by Crippen LogP contribution is -2.49. The van der Waals surface area contributed by atoms with Gasteiger partial charge in [0.1, 0.15) is 11.6 Å². The maximum Gasteiger partial charge on any atom is 0.511 e. The van der Waals surface area contributed by atoms with Crippen LogP contribution in [-0.4, -0.2) is 44.8 Å². The van der Waals surface area contributed by atoms with Gasteiger partial charge in [-0.25, -0.2) is 14.6 Å². The molecule has 1 aliphatic rings. The van der Waals surface area contributed by atoms with E-state index in [-0.39, 0.29) is 6.03 Å². The van der Waals surface area contributed by atoms with Crippen molar-refractivity contribution >= 4 is 28.9 Å². The van der Waals surface area contributed by atoms with E-state index in [1.807, 2.05) is 64.4 Å². The van der Waals surface area contributed by atoms with Crippen LogP contribution in [-0.2, 0) is 19.5 Å². The molecule has 1 saturated heterocycles. The number of carbonyl (C=O) groups excluding carboxylic acids is 1. The molecule has 0 atom stereocenters. The van der Waals surface area contributed by atoms with Crippen LogP contribution < -0.4 is 9.64 Å². The summed E-state index contributed by atoms with van der Waals surface area (Å²) in [5.41, 5.74) is 6.62. The first-order valence-corrected chi connectivity index (χ1v) is 15.2. The second-order valence-electron chi connectivity index (χ2n) is 11.1. The van der Waals surface area contributed by atoms with E-state index in [1.54, 1.807) is 12.1 Å². The third-order valence-corrected chi connectivity index (χ3v) is 8.09. The monoisotopic (exact) mass is 588 g/mol. The third-order valence-electron chi connectivity index (χ3n) is 8.09. The summed E-state index contributed by atoms with van der Waals surface area (Å²) in [6.45, 7) is 4.83. The summed E-state index contributed by atoms with van der Waals surface area (Å²) in [6.07, 6.45) is 2.54. The van der Waals surface area contributed by atoms with E-state index in [1.165, 1.54) is 0 Å². The van der Waals surface area contributed by atoms with Crippen molar-refractivity contribution in [2.24, 2.45) is 0 Å². The number of imidazole rings is 1. The first-order valence-electron chi connectivity index (χ1n) is 15.2. The predicted octanol–water partition coefficient (Wildman–Crippen LogP) is 7.98. The Kier molecular flexibility index (Phi) is 8.59. The van der Waals surface area contributed by atoms with Crippen LogP contribution in [0.5, 0.6) is 5.75 Å². The average Bonchev–Trinajstić information content (AvgIpc) is 3.38. The van der Waals surface area contributed by atoms with Crippen LogP contribution in [0.2, 0.25) is 0 Å². The number of ether oxygens (including phenoxy) is 1. The number of benzene rings is 4. The molecule has 0 bridgehead atoms. The number of carboxylic acid groups (broad SMARTS) is 1. The van der Waals surface area contributed by atoms with Crippen LogP contribution >= 0.6 is 0 Å². The standard InChI is InChI=1S/C36H36N4O4/c1-2-3-14-34-37-31-20-19-29(39-22-9-21-38(35(39)41)24-26-10-5-4-6-11-26)23-32(31)40(34)25-27-15-17-28(18-16-27)30-12-7-8-13-33(30)44-36(42)43/h4-8,10-13,15-20,23H,2-3,9,14,21-22,24-25H2,1H3,(H,42,43). The van der Waals surface area contributed by atoms with E-state index < -0.39 is 6.16 Å². The zero-order valence-corrected chi connectivity index (χ0v) is 24.9. The molecule has 0 saturated carbocycles. The number of aryl methyl sites for hydroxylation is 1. The summed E-state index contributed by atoms with van der Waals surface area (Å²) >= 11 is 0. The van der Waals surface area contributed by atoms with Crippen LogP contribution in [0.15, 0.2) is 97.1 Å². The molecule has 0 aliphatic carbocycles. The second kappa shape index (κ2) is 13.0. The van der Waals surface area contributed by atoms with E-state index in [0.717, 1.165) is 77.0 Å². The van der Waals surface area contributed by atoms with Crippen molar-refractivity contribution in [2.45, 2.75) is 45.7 Å². The van der Waals surface area contributed by atoms with Gasteiger partial charge >= 0.3 is 12.2 Å². The summed E-state index contributed by atoms with van der Waals surface area (Å²) in [7, 11) is 0. The van der Waals surface area contributed by atoms with E-state index >= 15 is 0 Å². The number of fused-ring (bicyclic) bond motifs is 1. The zero-order chi connectivity index (χ0) is 30.5. The molecule has 44 heavy (non-hydrogen) atoms. The van der Waals surface area contributed by atoms with Gasteiger partial charge in [-0.05, 0) is 53.8 Å². The fourth-order valence-electron chi connectivity index (χ4n) is 5.86. The summed E-state index contributed by atoms with van der Waals surface area (Å²) < 4.78 is 7.26. The molecule has 1 fully saturated rings. The molecule has 2 amide bonds. The number of hydrogen-bond acceptors (Lipinski definition) is 4. The minimum absolute atomic E-state index is 0.0273. The molecule has 1 N–H and O–H groups in total. The topological polar surface area (TPSA) is 87.9 Å². The highest BCUT2D eigenvalue weighted by Gasteiger charge is 2.27. The molecule has 1 aromatic heterocycles. The maximum atomic E-state index is 13.6. The van der Waals surface area contributed by atoms with Gasteiger partial charge in [-0.1, -0.05) is 86.1 Å². The summed E-state index contributed by atoms with van der Waals surface area (Å²) in [6, 6.07) is 31.5. The number of unbranched alkanes of at least 4 members (excludes halogenated alkanes) is 1. The minimum Gasteiger partial charge on any atom is -0.449 e. The first-order chi connectivity index (χ1) is 21.5. The Labute approximate surface area is 257 Å². The van der Waals surface area contributed by atoms with Gasteiger partial charge in [0.15, 0.2) is 0 Å². The molecule has 4 aromatic carbocycles. The van der Waals surface area contributed by atoms with Crippen LogP contribution in [0.25, 0.3) is 22.2 Å². The van der Waals surface area contributed by atoms with E-state index in [2.05, 4.69) is 41.8 Å². The quantitative estimate of drug-likeness (QED) is 0.132. The Bertz CT molecular complexity index is 1760. The van der Waals surface area contributed by atoms with Crippen molar-refractivity contribution in [3.8, 4) is 16.9 Å². The number of aromatic nitrogens is 2. The fraction of sp³-hybridized carbons (Fsp3) is 0.250. The van der Waals surface area contributed by atoms with Crippen molar-refractivity contribution in [3.05, 3.63) is 114 Å². The highest BCUT2D eigenvalue weighted by Crippen LogP contribution is 2.31. The molecule has 0 unspecified atom stereocenters. The number of hydrogen-bond donors (Lipinski definition) is 1. The Morgan fingerprint density at radius 3 is 2.41 bits per heavy atom. The smallest absolute Gasteiger partial charge is 0.449 e. The van der Waals surface area contributed by atoms with Gasteiger partial charge in [0, 0.05) is 43.9 Å². The summed E-state index contributed by atoms with van der Waals surface area (Å²) in [5.74, 6) is 1.33. The van der Waals surface area contributed by atoms with Crippen LogP contribution in [0.4, 0.5) is 15.3 Å². The molecule has 2 heterocycles. The molecule has 0 radical (unpaired) electrons. The van der Waals surface area contributed by atoms with E-state index in [4.69, 9.17) is 14.8 Å². The molecule has 224 valence electrons. The Morgan fingerprint density at radius 1 is 0.886 bits per heavy atom. The summed E-state index contributed by atoms with van der Waals surface area (Å²) in [4.78, 5) is 33.6. The van der Waals surface area contributed by atoms with Crippen molar-refractivity contribution in [2.75, 3.05) is 18.0 Å². The Morgan fingerprint density at radius 2 is 1.64 bits per heavy atom. The normalized spacial score (nSPS) is 13.4. The molecular weight excluding hydrogens is 552 g/mol. The largest absolute Gasteiger partial charge is 0.511 e. The summed E-state index contributed by atoms with van der Waals surface area (Å²) in [5, 5.41) is 9.14. The number of urea groups is 1. The van der Waals surface area contributed by atoms with Gasteiger partial charge in [-0.3, -0.25) is 4.90 Å². The predicted molar refractivity (Wildman–Crippen MR) is 172 cm³/mol. The number of rotatable bonds is 10. The number of carbonyl (C=O) groups is 2. The Hall–Kier alpha value is -5.11. The third kappa shape index (κ3) is 6.29. The molecule has 8 nitrogen and oxygen atoms in total. The van der Waals surface area contributed by atoms with Gasteiger partial charge in [0.05, 0.1) is 11.0 Å². The van der Waals surface area contributed by atoms with Gasteiger partial charge < -0.3 is 19.3 Å². The van der Waals surface area contributed by atoms with Crippen molar-refractivity contribution in [1.82, 2.24) is 14.5 Å². The SMILES string of the molecule is CCCCc1nc2ccc(N3CCCN(Cc4ccccc4)C3=O)cc2n1Cc1ccc(-c2ccccc2OC(=O)O)cc1. The van der Waals surface area contributed by atoms with E-state index in [0.29, 0.717) is 25.4 Å². The Balaban J connectivity index is 1.29. The van der Waals surface area contributed by atoms with Crippen molar-refractivity contribution in [1.29, 1.82) is 0 Å². The van der Waals surface area contributed by atoms with Crippen molar-refractivity contribution in [3.63, 3.8) is 0 Å². The lowest BCUT2D eigenvalue weighted by molar-refractivity contribution is 0.144. The first kappa shape index (κ1) is 29.0. The van der Waals surface area contributed by atoms with Crippen LogP contribution in [0.1, 0.15) is 43.1 Å². The number of para-hydroxylation sites is 1. The minimum atomic E-state index is -1.34. The molecule has 5 aromatic rings. The molecule has 0 spiro atoms. The van der Waals surface area contributed by atoms with Gasteiger partial charge in [-0.15, -0.1) is 0 Å². The van der Waals surface area contributed by atoms with Crippen molar-refractivity contribution < 1.29 is 19.4 Å². The second-order valence-corrected chi connectivity index (χ2v) is 11.1. The molecular formula is C36H36N4O4. The highest BCUT2D eigenvalue weighted by molar-refractivity contribution is 5.95. The van der Waals surface area contributed by atoms with Crippen LogP contribution in [0.3, 0.4) is 0 Å². The highest BCUT2D eigenvalue weighted by atomic mass is 16.7. The van der Waals surface area contributed by atoms with Gasteiger partial charge in [0.25, 0.3) is 0 Å². The maximum absolute atomic E-state index is 13.6. The van der Waals surface area contributed by atoms with E-state index in [9.17, 15) is 9.59 Å². The lowest BCUT2D eigenvalue weighted by atomic mass is 10.0. The average molecular weight is 589 g/mol.